The van der Waals surface area contributed by atoms with Gasteiger partial charge in [-0.3, -0.25) is 0 Å². The van der Waals surface area contributed by atoms with Crippen LogP contribution in [0.2, 0.25) is 0 Å². The van der Waals surface area contributed by atoms with Crippen LogP contribution in [0.15, 0.2) is 11.3 Å². The molecule has 2 saturated carbocycles. The molecule has 1 heteroatoms. The molecule has 0 aromatic heterocycles. The summed E-state index contributed by atoms with van der Waals surface area (Å²) in [7, 11) is 0. The summed E-state index contributed by atoms with van der Waals surface area (Å²) < 4.78 is 6.47. The Morgan fingerprint density at radius 2 is 2.00 bits per heavy atom. The van der Waals surface area contributed by atoms with Crippen molar-refractivity contribution >= 4 is 0 Å². The normalized spacial score (nSPS) is 50.1. The van der Waals surface area contributed by atoms with Crippen molar-refractivity contribution in [2.75, 3.05) is 0 Å². The van der Waals surface area contributed by atoms with Gasteiger partial charge in [0.2, 0.25) is 0 Å². The smallest absolute Gasteiger partial charge is 0.115 e. The van der Waals surface area contributed by atoms with E-state index < -0.39 is 0 Å². The quantitative estimate of drug-likeness (QED) is 0.592. The van der Waals surface area contributed by atoms with Gasteiger partial charge in [0.05, 0.1) is 5.76 Å². The standard InChI is InChI=1S/C15H24O/c1-10(2)13-12-7-9-15(16-13)8-5-6-11(3)14(12,15)4/h11-12H,5-9H2,1-4H3/t11-,12-,14-,15+/m0/s1. The average molecular weight is 220 g/mol. The maximum absolute atomic E-state index is 6.47. The van der Waals surface area contributed by atoms with Crippen molar-refractivity contribution in [1.82, 2.24) is 0 Å². The summed E-state index contributed by atoms with van der Waals surface area (Å²) in [6.07, 6.45) is 6.71. The molecule has 1 saturated heterocycles. The molecule has 0 spiro atoms. The van der Waals surface area contributed by atoms with Gasteiger partial charge in [-0.1, -0.05) is 13.8 Å². The highest BCUT2D eigenvalue weighted by atomic mass is 16.5. The van der Waals surface area contributed by atoms with Crippen molar-refractivity contribution < 1.29 is 4.74 Å². The third-order valence-corrected chi connectivity index (χ3v) is 5.90. The van der Waals surface area contributed by atoms with Gasteiger partial charge in [0, 0.05) is 11.3 Å². The zero-order valence-corrected chi connectivity index (χ0v) is 11.1. The first kappa shape index (κ1) is 10.7. The monoisotopic (exact) mass is 220 g/mol. The fourth-order valence-corrected chi connectivity index (χ4v) is 4.79. The molecule has 0 unspecified atom stereocenters. The summed E-state index contributed by atoms with van der Waals surface area (Å²) in [6, 6.07) is 0. The first-order chi connectivity index (χ1) is 7.51. The molecule has 0 aromatic rings. The second-order valence-electron chi connectivity index (χ2n) is 6.63. The minimum absolute atomic E-state index is 0.210. The summed E-state index contributed by atoms with van der Waals surface area (Å²) in [5.74, 6) is 2.89. The van der Waals surface area contributed by atoms with E-state index >= 15 is 0 Å². The fourth-order valence-electron chi connectivity index (χ4n) is 4.79. The Morgan fingerprint density at radius 1 is 1.25 bits per heavy atom. The lowest BCUT2D eigenvalue weighted by atomic mass is 9.59. The molecule has 0 amide bonds. The van der Waals surface area contributed by atoms with Crippen LogP contribution in [0.4, 0.5) is 0 Å². The molecule has 4 atom stereocenters. The fraction of sp³-hybridized carbons (Fsp3) is 0.867. The van der Waals surface area contributed by atoms with Crippen LogP contribution >= 0.6 is 0 Å². The first-order valence-corrected chi connectivity index (χ1v) is 6.88. The van der Waals surface area contributed by atoms with Gasteiger partial charge < -0.3 is 4.74 Å². The largest absolute Gasteiger partial charge is 0.491 e. The second kappa shape index (κ2) is 3.05. The van der Waals surface area contributed by atoms with Crippen LogP contribution in [0.5, 0.6) is 0 Å². The van der Waals surface area contributed by atoms with E-state index in [0.29, 0.717) is 11.3 Å². The Balaban J connectivity index is 2.11. The summed E-state index contributed by atoms with van der Waals surface area (Å²) in [4.78, 5) is 0. The maximum atomic E-state index is 6.47. The molecule has 3 fully saturated rings. The molecule has 1 heterocycles. The molecular weight excluding hydrogens is 196 g/mol. The molecule has 1 nitrogen and oxygen atoms in total. The van der Waals surface area contributed by atoms with Gasteiger partial charge in [0.25, 0.3) is 0 Å². The van der Waals surface area contributed by atoms with Gasteiger partial charge in [0.15, 0.2) is 0 Å². The van der Waals surface area contributed by atoms with Crippen molar-refractivity contribution in [3.05, 3.63) is 11.3 Å². The summed E-state index contributed by atoms with van der Waals surface area (Å²) in [6.45, 7) is 9.38. The van der Waals surface area contributed by atoms with E-state index in [2.05, 4.69) is 27.7 Å². The minimum Gasteiger partial charge on any atom is -0.491 e. The van der Waals surface area contributed by atoms with Crippen molar-refractivity contribution in [1.29, 1.82) is 0 Å². The third kappa shape index (κ3) is 0.983. The van der Waals surface area contributed by atoms with Crippen molar-refractivity contribution in [3.63, 3.8) is 0 Å². The van der Waals surface area contributed by atoms with Crippen LogP contribution in [0.1, 0.15) is 59.8 Å². The van der Waals surface area contributed by atoms with E-state index in [1.54, 1.807) is 0 Å². The Kier molecular flexibility index (Phi) is 2.04. The van der Waals surface area contributed by atoms with Crippen molar-refractivity contribution in [3.8, 4) is 0 Å². The van der Waals surface area contributed by atoms with Gasteiger partial charge in [0.1, 0.15) is 5.60 Å². The number of ether oxygens (including phenoxy) is 1. The number of allylic oxidation sites excluding steroid dienone is 2. The van der Waals surface area contributed by atoms with Crippen molar-refractivity contribution in [2.45, 2.75) is 65.4 Å². The van der Waals surface area contributed by atoms with Crippen LogP contribution in [0, 0.1) is 17.3 Å². The molecule has 1 aliphatic heterocycles. The maximum Gasteiger partial charge on any atom is 0.115 e. The van der Waals surface area contributed by atoms with Crippen LogP contribution < -0.4 is 0 Å². The molecule has 0 aromatic carbocycles. The van der Waals surface area contributed by atoms with E-state index in [0.717, 1.165) is 5.92 Å². The van der Waals surface area contributed by atoms with Gasteiger partial charge in [-0.05, 0) is 57.4 Å². The number of rotatable bonds is 0. The second-order valence-corrected chi connectivity index (χ2v) is 6.63. The van der Waals surface area contributed by atoms with Crippen molar-refractivity contribution in [2.24, 2.45) is 17.3 Å². The summed E-state index contributed by atoms with van der Waals surface area (Å²) in [5, 5.41) is 0. The summed E-state index contributed by atoms with van der Waals surface area (Å²) in [5.41, 5.74) is 2.05. The molecule has 3 aliphatic rings. The van der Waals surface area contributed by atoms with Gasteiger partial charge in [-0.15, -0.1) is 0 Å². The van der Waals surface area contributed by atoms with Gasteiger partial charge in [-0.25, -0.2) is 0 Å². The highest BCUT2D eigenvalue weighted by molar-refractivity contribution is 5.28. The van der Waals surface area contributed by atoms with E-state index in [-0.39, 0.29) is 5.60 Å². The van der Waals surface area contributed by atoms with E-state index in [1.165, 1.54) is 43.4 Å². The molecule has 3 rings (SSSR count). The lowest BCUT2D eigenvalue weighted by molar-refractivity contribution is -0.0839. The van der Waals surface area contributed by atoms with Gasteiger partial charge >= 0.3 is 0 Å². The lowest BCUT2D eigenvalue weighted by Gasteiger charge is -2.47. The number of hydrogen-bond donors (Lipinski definition) is 0. The first-order valence-electron chi connectivity index (χ1n) is 6.88. The average Bonchev–Trinajstić information content (AvgIpc) is 2.67. The molecule has 16 heavy (non-hydrogen) atoms. The van der Waals surface area contributed by atoms with E-state index in [1.807, 2.05) is 0 Å². The SMILES string of the molecule is CC(C)=C1O[C@@]23CCC[C@H](C)[C@@]2(C)[C@H]1CC3. The zero-order chi connectivity index (χ0) is 11.6. The topological polar surface area (TPSA) is 9.23 Å². The van der Waals surface area contributed by atoms with Crippen LogP contribution in [-0.2, 0) is 4.74 Å². The van der Waals surface area contributed by atoms with E-state index in [9.17, 15) is 0 Å². The van der Waals surface area contributed by atoms with E-state index in [4.69, 9.17) is 4.74 Å². The molecule has 2 bridgehead atoms. The lowest BCUT2D eigenvalue weighted by Crippen LogP contribution is -2.48. The Bertz CT molecular complexity index is 352. The zero-order valence-electron chi connectivity index (χ0n) is 11.1. The number of hydrogen-bond acceptors (Lipinski definition) is 1. The molecule has 0 N–H and O–H groups in total. The van der Waals surface area contributed by atoms with Crippen LogP contribution in [0.25, 0.3) is 0 Å². The minimum atomic E-state index is 0.210. The van der Waals surface area contributed by atoms with Crippen LogP contribution in [0.3, 0.4) is 0 Å². The Labute approximate surface area is 99.3 Å². The third-order valence-electron chi connectivity index (χ3n) is 5.90. The Morgan fingerprint density at radius 3 is 2.62 bits per heavy atom. The predicted octanol–water partition coefficient (Wildman–Crippen LogP) is 4.29. The summed E-state index contributed by atoms with van der Waals surface area (Å²) >= 11 is 0. The molecule has 0 radical (unpaired) electrons. The highest BCUT2D eigenvalue weighted by Crippen LogP contribution is 2.69. The molecule has 2 aliphatic carbocycles. The highest BCUT2D eigenvalue weighted by Gasteiger charge is 2.68. The predicted molar refractivity (Wildman–Crippen MR) is 66.0 cm³/mol. The molecule has 90 valence electrons. The Hall–Kier alpha value is -0.460. The van der Waals surface area contributed by atoms with Crippen LogP contribution in [-0.4, -0.2) is 5.60 Å². The molecular formula is C15H24O. The van der Waals surface area contributed by atoms with Gasteiger partial charge in [-0.2, -0.15) is 0 Å².